The third-order valence-corrected chi connectivity index (χ3v) is 3.52. The van der Waals surface area contributed by atoms with E-state index in [0.717, 1.165) is 19.5 Å². The molecular formula is C15H22N2O2. The maximum atomic E-state index is 12.1. The van der Waals surface area contributed by atoms with Crippen molar-refractivity contribution in [1.29, 1.82) is 0 Å². The van der Waals surface area contributed by atoms with Gasteiger partial charge in [0.25, 0.3) is 0 Å². The molecule has 19 heavy (non-hydrogen) atoms. The van der Waals surface area contributed by atoms with Gasteiger partial charge in [0.05, 0.1) is 0 Å². The summed E-state index contributed by atoms with van der Waals surface area (Å²) in [6, 6.07) is 10.9. The van der Waals surface area contributed by atoms with E-state index in [1.165, 1.54) is 5.56 Å². The highest BCUT2D eigenvalue weighted by atomic mass is 16.5. The lowest BCUT2D eigenvalue weighted by atomic mass is 10.0. The number of methoxy groups -OCH3 is 1. The highest BCUT2D eigenvalue weighted by molar-refractivity contribution is 5.78. The van der Waals surface area contributed by atoms with Crippen molar-refractivity contribution in [2.24, 2.45) is 0 Å². The highest BCUT2D eigenvalue weighted by Crippen LogP contribution is 2.13. The van der Waals surface area contributed by atoms with E-state index in [1.807, 2.05) is 23.1 Å². The van der Waals surface area contributed by atoms with E-state index in [9.17, 15) is 4.79 Å². The summed E-state index contributed by atoms with van der Waals surface area (Å²) in [6.45, 7) is 3.86. The van der Waals surface area contributed by atoms with E-state index < -0.39 is 0 Å². The fourth-order valence-corrected chi connectivity index (χ4v) is 2.54. The standard InChI is InChI=1S/C15H22N2O2/c1-12-10-17(15(18)11-19-2)14(9-16-12)8-13-6-4-3-5-7-13/h3-7,12,14,16H,8-11H2,1-2H3. The molecule has 1 aliphatic heterocycles. The number of hydrogen-bond donors (Lipinski definition) is 1. The van der Waals surface area contributed by atoms with Crippen LogP contribution < -0.4 is 5.32 Å². The number of carbonyl (C=O) groups is 1. The zero-order valence-corrected chi connectivity index (χ0v) is 11.6. The van der Waals surface area contributed by atoms with Gasteiger partial charge in [0.1, 0.15) is 6.61 Å². The minimum absolute atomic E-state index is 0.0804. The van der Waals surface area contributed by atoms with Crippen LogP contribution in [0.5, 0.6) is 0 Å². The van der Waals surface area contributed by atoms with Crippen molar-refractivity contribution in [2.45, 2.75) is 25.4 Å². The van der Waals surface area contributed by atoms with Gasteiger partial charge in [-0.25, -0.2) is 0 Å². The number of amides is 1. The van der Waals surface area contributed by atoms with Crippen LogP contribution >= 0.6 is 0 Å². The zero-order valence-electron chi connectivity index (χ0n) is 11.6. The molecule has 1 heterocycles. The molecule has 1 amide bonds. The molecule has 1 N–H and O–H groups in total. The maximum Gasteiger partial charge on any atom is 0.248 e. The predicted octanol–water partition coefficient (Wildman–Crippen LogP) is 1.06. The maximum absolute atomic E-state index is 12.1. The Labute approximate surface area is 114 Å². The predicted molar refractivity (Wildman–Crippen MR) is 75.0 cm³/mol. The number of hydrogen-bond acceptors (Lipinski definition) is 3. The fourth-order valence-electron chi connectivity index (χ4n) is 2.54. The smallest absolute Gasteiger partial charge is 0.248 e. The first kappa shape index (κ1) is 14.0. The number of piperazine rings is 1. The molecule has 2 rings (SSSR count). The molecule has 0 aromatic heterocycles. The van der Waals surface area contributed by atoms with Crippen LogP contribution in [0.1, 0.15) is 12.5 Å². The van der Waals surface area contributed by atoms with Crippen molar-refractivity contribution < 1.29 is 9.53 Å². The third-order valence-electron chi connectivity index (χ3n) is 3.52. The molecule has 1 aromatic rings. The molecule has 4 heteroatoms. The lowest BCUT2D eigenvalue weighted by molar-refractivity contribution is -0.139. The van der Waals surface area contributed by atoms with Crippen molar-refractivity contribution in [3.05, 3.63) is 35.9 Å². The van der Waals surface area contributed by atoms with Crippen molar-refractivity contribution in [3.8, 4) is 0 Å². The summed E-state index contributed by atoms with van der Waals surface area (Å²) in [5.74, 6) is 0.0804. The van der Waals surface area contributed by atoms with Gasteiger partial charge in [-0.2, -0.15) is 0 Å². The molecule has 0 saturated carbocycles. The van der Waals surface area contributed by atoms with E-state index in [2.05, 4.69) is 24.4 Å². The Hall–Kier alpha value is -1.39. The monoisotopic (exact) mass is 262 g/mol. The van der Waals surface area contributed by atoms with Crippen LogP contribution in [0.15, 0.2) is 30.3 Å². The van der Waals surface area contributed by atoms with Crippen LogP contribution in [0.2, 0.25) is 0 Å². The second-order valence-corrected chi connectivity index (χ2v) is 5.13. The van der Waals surface area contributed by atoms with E-state index in [4.69, 9.17) is 4.74 Å². The summed E-state index contributed by atoms with van der Waals surface area (Å²) in [7, 11) is 1.57. The van der Waals surface area contributed by atoms with Crippen molar-refractivity contribution in [1.82, 2.24) is 10.2 Å². The summed E-state index contributed by atoms with van der Waals surface area (Å²) >= 11 is 0. The molecule has 4 nitrogen and oxygen atoms in total. The Kier molecular flexibility index (Phi) is 4.93. The van der Waals surface area contributed by atoms with Crippen LogP contribution in [-0.2, 0) is 16.0 Å². The average Bonchev–Trinajstić information content (AvgIpc) is 2.42. The van der Waals surface area contributed by atoms with Crippen LogP contribution in [0.25, 0.3) is 0 Å². The lowest BCUT2D eigenvalue weighted by Gasteiger charge is -2.39. The number of ether oxygens (including phenoxy) is 1. The molecule has 0 radical (unpaired) electrons. The normalized spacial score (nSPS) is 23.4. The largest absolute Gasteiger partial charge is 0.375 e. The van der Waals surface area contributed by atoms with E-state index in [0.29, 0.717) is 6.04 Å². The van der Waals surface area contributed by atoms with E-state index in [1.54, 1.807) is 7.11 Å². The molecule has 0 aliphatic carbocycles. The molecule has 1 aromatic carbocycles. The molecule has 0 spiro atoms. The summed E-state index contributed by atoms with van der Waals surface area (Å²) in [5.41, 5.74) is 1.26. The summed E-state index contributed by atoms with van der Waals surface area (Å²) in [5, 5.41) is 3.44. The minimum Gasteiger partial charge on any atom is -0.375 e. The Bertz CT molecular complexity index is 408. The fraction of sp³-hybridized carbons (Fsp3) is 0.533. The first-order chi connectivity index (χ1) is 9.20. The van der Waals surface area contributed by atoms with Crippen molar-refractivity contribution in [2.75, 3.05) is 26.8 Å². The van der Waals surface area contributed by atoms with Gasteiger partial charge in [0.2, 0.25) is 5.91 Å². The summed E-state index contributed by atoms with van der Waals surface area (Å²) in [4.78, 5) is 14.1. The third kappa shape index (κ3) is 3.78. The quantitative estimate of drug-likeness (QED) is 0.882. The van der Waals surface area contributed by atoms with Gasteiger partial charge in [-0.3, -0.25) is 4.79 Å². The Morgan fingerprint density at radius 2 is 2.16 bits per heavy atom. The van der Waals surface area contributed by atoms with Crippen LogP contribution in [0, 0.1) is 0 Å². The molecule has 1 fully saturated rings. The van der Waals surface area contributed by atoms with Gasteiger partial charge in [0, 0.05) is 32.3 Å². The molecule has 0 bridgehead atoms. The number of rotatable bonds is 4. The minimum atomic E-state index is 0.0804. The van der Waals surface area contributed by atoms with E-state index in [-0.39, 0.29) is 18.6 Å². The molecule has 104 valence electrons. The zero-order chi connectivity index (χ0) is 13.7. The number of carbonyl (C=O) groups excluding carboxylic acids is 1. The first-order valence-electron chi connectivity index (χ1n) is 6.76. The van der Waals surface area contributed by atoms with Gasteiger partial charge in [-0.15, -0.1) is 0 Å². The summed E-state index contributed by atoms with van der Waals surface area (Å²) in [6.07, 6.45) is 0.885. The van der Waals surface area contributed by atoms with Gasteiger partial charge in [-0.1, -0.05) is 30.3 Å². The van der Waals surface area contributed by atoms with Gasteiger partial charge >= 0.3 is 0 Å². The second kappa shape index (κ2) is 6.68. The number of benzene rings is 1. The van der Waals surface area contributed by atoms with Crippen molar-refractivity contribution >= 4 is 5.91 Å². The molecule has 2 unspecified atom stereocenters. The number of nitrogens with one attached hydrogen (secondary N) is 1. The van der Waals surface area contributed by atoms with Gasteiger partial charge in [0.15, 0.2) is 0 Å². The highest BCUT2D eigenvalue weighted by Gasteiger charge is 2.29. The molecule has 1 aliphatic rings. The average molecular weight is 262 g/mol. The molecular weight excluding hydrogens is 240 g/mol. The van der Waals surface area contributed by atoms with E-state index >= 15 is 0 Å². The second-order valence-electron chi connectivity index (χ2n) is 5.13. The lowest BCUT2D eigenvalue weighted by Crippen LogP contribution is -2.58. The number of nitrogens with zero attached hydrogens (tertiary/aromatic N) is 1. The molecule has 1 saturated heterocycles. The van der Waals surface area contributed by atoms with Gasteiger partial charge < -0.3 is 15.0 Å². The van der Waals surface area contributed by atoms with Crippen LogP contribution in [0.4, 0.5) is 0 Å². The Balaban J connectivity index is 2.05. The summed E-state index contributed by atoms with van der Waals surface area (Å²) < 4.78 is 4.98. The first-order valence-corrected chi connectivity index (χ1v) is 6.76. The Morgan fingerprint density at radius 3 is 2.84 bits per heavy atom. The van der Waals surface area contributed by atoms with Crippen LogP contribution in [-0.4, -0.2) is 49.7 Å². The Morgan fingerprint density at radius 1 is 1.42 bits per heavy atom. The van der Waals surface area contributed by atoms with Crippen LogP contribution in [0.3, 0.4) is 0 Å². The topological polar surface area (TPSA) is 41.6 Å². The van der Waals surface area contributed by atoms with Crippen molar-refractivity contribution in [3.63, 3.8) is 0 Å². The van der Waals surface area contributed by atoms with Gasteiger partial charge in [-0.05, 0) is 18.9 Å². The SMILES string of the molecule is COCC(=O)N1CC(C)NCC1Cc1ccccc1. The molecule has 2 atom stereocenters.